The van der Waals surface area contributed by atoms with E-state index in [4.69, 9.17) is 10.2 Å². The van der Waals surface area contributed by atoms with Gasteiger partial charge in [0.05, 0.1) is 0 Å². The van der Waals surface area contributed by atoms with E-state index in [1.54, 1.807) is 0 Å². The molecule has 0 amide bonds. The molecule has 0 saturated carbocycles. The van der Waals surface area contributed by atoms with Crippen LogP contribution in [0.15, 0.2) is 0 Å². The van der Waals surface area contributed by atoms with Crippen molar-refractivity contribution in [3.05, 3.63) is 0 Å². The maximum atomic E-state index is 10.8. The Hall–Kier alpha value is -0.940. The molecule has 13 heavy (non-hydrogen) atoms. The van der Waals surface area contributed by atoms with E-state index in [1.807, 2.05) is 0 Å². The molecule has 0 saturated heterocycles. The van der Waals surface area contributed by atoms with Crippen molar-refractivity contribution in [1.29, 1.82) is 0 Å². The molecule has 0 unspecified atom stereocenters. The third kappa shape index (κ3) is 7.42. The molecule has 0 rings (SSSR count). The summed E-state index contributed by atoms with van der Waals surface area (Å²) in [5, 5.41) is 16.6. The second-order valence-electron chi connectivity index (χ2n) is 2.54. The Kier molecular flexibility index (Phi) is 7.14. The van der Waals surface area contributed by atoms with Gasteiger partial charge in [-0.05, 0) is 12.8 Å². The van der Waals surface area contributed by atoms with Gasteiger partial charge >= 0.3 is 11.9 Å². The Bertz CT molecular complexity index is 166. The lowest BCUT2D eigenvalue weighted by Crippen LogP contribution is -2.15. The van der Waals surface area contributed by atoms with Crippen LogP contribution >= 0.6 is 0 Å². The van der Waals surface area contributed by atoms with Gasteiger partial charge in [0.2, 0.25) is 0 Å². The maximum Gasteiger partial charge on any atom is 0.339 e. The number of esters is 2. The van der Waals surface area contributed by atoms with Crippen molar-refractivity contribution in [1.82, 2.24) is 0 Å². The minimum absolute atomic E-state index is 0.102. The fraction of sp³-hybridized carbons (Fsp3) is 0.750. The van der Waals surface area contributed by atoms with Crippen LogP contribution in [0.1, 0.15) is 25.7 Å². The van der Waals surface area contributed by atoms with E-state index in [-0.39, 0.29) is 13.0 Å². The molecule has 0 atom stereocenters. The smallest absolute Gasteiger partial charge is 0.339 e. The summed E-state index contributed by atoms with van der Waals surface area (Å²) in [6.07, 6.45) is 2.09. The molecular weight excluding hydrogens is 176 g/mol. The number of rotatable bonds is 6. The zero-order valence-corrected chi connectivity index (χ0v) is 7.36. The second kappa shape index (κ2) is 7.70. The van der Waals surface area contributed by atoms with Crippen molar-refractivity contribution < 1.29 is 24.5 Å². The summed E-state index contributed by atoms with van der Waals surface area (Å²) < 4.78 is 4.19. The SMILES string of the molecule is O=C(CO)OC(=O)CCCCCO. The van der Waals surface area contributed by atoms with Crippen molar-refractivity contribution in [3.8, 4) is 0 Å². The van der Waals surface area contributed by atoms with Crippen LogP contribution in [-0.2, 0) is 14.3 Å². The molecule has 5 nitrogen and oxygen atoms in total. The zero-order valence-electron chi connectivity index (χ0n) is 7.36. The standard InChI is InChI=1S/C8H14O5/c9-5-3-1-2-4-7(11)13-8(12)6-10/h9-10H,1-6H2. The molecular formula is C8H14O5. The van der Waals surface area contributed by atoms with E-state index in [2.05, 4.69) is 4.74 Å². The Morgan fingerprint density at radius 1 is 1.00 bits per heavy atom. The van der Waals surface area contributed by atoms with Crippen LogP contribution in [0, 0.1) is 0 Å². The number of ether oxygens (including phenoxy) is 1. The topological polar surface area (TPSA) is 83.8 Å². The Morgan fingerprint density at radius 2 is 1.69 bits per heavy atom. The van der Waals surface area contributed by atoms with Gasteiger partial charge < -0.3 is 14.9 Å². The van der Waals surface area contributed by atoms with E-state index in [9.17, 15) is 9.59 Å². The second-order valence-corrected chi connectivity index (χ2v) is 2.54. The van der Waals surface area contributed by atoms with Crippen LogP contribution < -0.4 is 0 Å². The first-order valence-corrected chi connectivity index (χ1v) is 4.16. The Labute approximate surface area is 76.3 Å². The highest BCUT2D eigenvalue weighted by atomic mass is 16.6. The predicted molar refractivity (Wildman–Crippen MR) is 43.7 cm³/mol. The molecule has 0 heterocycles. The molecule has 0 aliphatic rings. The lowest BCUT2D eigenvalue weighted by molar-refractivity contribution is -0.161. The number of hydrogen-bond acceptors (Lipinski definition) is 5. The van der Waals surface area contributed by atoms with E-state index in [0.29, 0.717) is 12.8 Å². The Balaban J connectivity index is 3.35. The maximum absolute atomic E-state index is 10.8. The molecule has 0 bridgehead atoms. The van der Waals surface area contributed by atoms with Crippen LogP contribution in [0.5, 0.6) is 0 Å². The third-order valence-electron chi connectivity index (χ3n) is 1.40. The minimum atomic E-state index is -0.924. The molecule has 0 aliphatic heterocycles. The normalized spacial score (nSPS) is 9.69. The lowest BCUT2D eigenvalue weighted by Gasteiger charge is -2.00. The number of unbranched alkanes of at least 4 members (excludes halogenated alkanes) is 2. The number of aliphatic hydroxyl groups is 2. The number of carbonyl (C=O) groups excluding carboxylic acids is 2. The predicted octanol–water partition coefficient (Wildman–Crippen LogP) is -0.399. The average molecular weight is 190 g/mol. The summed E-state index contributed by atoms with van der Waals surface area (Å²) in [5.41, 5.74) is 0. The summed E-state index contributed by atoms with van der Waals surface area (Å²) >= 11 is 0. The largest absolute Gasteiger partial charge is 0.396 e. The highest BCUT2D eigenvalue weighted by molar-refractivity contribution is 5.85. The molecule has 0 aromatic heterocycles. The van der Waals surface area contributed by atoms with Gasteiger partial charge in [0.15, 0.2) is 0 Å². The molecule has 0 radical (unpaired) electrons. The van der Waals surface area contributed by atoms with Gasteiger partial charge in [-0.25, -0.2) is 4.79 Å². The van der Waals surface area contributed by atoms with Gasteiger partial charge in [0.1, 0.15) is 6.61 Å². The fourth-order valence-electron chi connectivity index (χ4n) is 0.768. The average Bonchev–Trinajstić information content (AvgIpc) is 2.12. The third-order valence-corrected chi connectivity index (χ3v) is 1.40. The quantitative estimate of drug-likeness (QED) is 0.338. The fourth-order valence-corrected chi connectivity index (χ4v) is 0.768. The van der Waals surface area contributed by atoms with Gasteiger partial charge in [-0.3, -0.25) is 4.79 Å². The highest BCUT2D eigenvalue weighted by Gasteiger charge is 2.07. The number of carbonyl (C=O) groups is 2. The van der Waals surface area contributed by atoms with Crippen molar-refractivity contribution in [2.75, 3.05) is 13.2 Å². The van der Waals surface area contributed by atoms with Crippen LogP contribution in [0.4, 0.5) is 0 Å². The molecule has 0 aliphatic carbocycles. The van der Waals surface area contributed by atoms with Crippen molar-refractivity contribution in [3.63, 3.8) is 0 Å². The number of aliphatic hydroxyl groups excluding tert-OH is 2. The van der Waals surface area contributed by atoms with Gasteiger partial charge in [0.25, 0.3) is 0 Å². The molecule has 0 aromatic carbocycles. The van der Waals surface area contributed by atoms with Crippen LogP contribution in [-0.4, -0.2) is 35.4 Å². The summed E-state index contributed by atoms with van der Waals surface area (Å²) in [6, 6.07) is 0. The molecule has 0 aromatic rings. The van der Waals surface area contributed by atoms with Gasteiger partial charge in [-0.15, -0.1) is 0 Å². The van der Waals surface area contributed by atoms with Crippen LogP contribution in [0.2, 0.25) is 0 Å². The van der Waals surface area contributed by atoms with Gasteiger partial charge in [0, 0.05) is 13.0 Å². The first kappa shape index (κ1) is 12.1. The summed E-state index contributed by atoms with van der Waals surface area (Å²) in [5.74, 6) is -1.55. The van der Waals surface area contributed by atoms with Gasteiger partial charge in [-0.1, -0.05) is 6.42 Å². The molecule has 5 heteroatoms. The summed E-state index contributed by atoms with van der Waals surface area (Å²) in [6.45, 7) is -0.674. The van der Waals surface area contributed by atoms with E-state index >= 15 is 0 Å². The minimum Gasteiger partial charge on any atom is -0.396 e. The molecule has 76 valence electrons. The van der Waals surface area contributed by atoms with Crippen LogP contribution in [0.25, 0.3) is 0 Å². The molecule has 2 N–H and O–H groups in total. The van der Waals surface area contributed by atoms with Gasteiger partial charge in [-0.2, -0.15) is 0 Å². The van der Waals surface area contributed by atoms with Crippen LogP contribution in [0.3, 0.4) is 0 Å². The van der Waals surface area contributed by atoms with E-state index in [0.717, 1.165) is 6.42 Å². The Morgan fingerprint density at radius 3 is 2.23 bits per heavy atom. The van der Waals surface area contributed by atoms with E-state index in [1.165, 1.54) is 0 Å². The zero-order chi connectivity index (χ0) is 10.1. The summed E-state index contributed by atoms with van der Waals surface area (Å²) in [7, 11) is 0. The first-order chi connectivity index (χ1) is 6.20. The summed E-state index contributed by atoms with van der Waals surface area (Å²) in [4.78, 5) is 21.1. The number of hydrogen-bond donors (Lipinski definition) is 2. The van der Waals surface area contributed by atoms with Crippen molar-refractivity contribution >= 4 is 11.9 Å². The first-order valence-electron chi connectivity index (χ1n) is 4.16. The van der Waals surface area contributed by atoms with E-state index < -0.39 is 18.5 Å². The van der Waals surface area contributed by atoms with Crippen molar-refractivity contribution in [2.24, 2.45) is 0 Å². The molecule has 0 fully saturated rings. The lowest BCUT2D eigenvalue weighted by atomic mass is 10.2. The molecule has 0 spiro atoms. The highest BCUT2D eigenvalue weighted by Crippen LogP contribution is 2.00. The van der Waals surface area contributed by atoms with Crippen molar-refractivity contribution in [2.45, 2.75) is 25.7 Å². The monoisotopic (exact) mass is 190 g/mol.